The van der Waals surface area contributed by atoms with E-state index in [1.165, 1.54) is 24.3 Å². The molecule has 0 saturated carbocycles. The van der Waals surface area contributed by atoms with E-state index in [1.807, 2.05) is 0 Å². The van der Waals surface area contributed by atoms with Gasteiger partial charge in [-0.2, -0.15) is 13.2 Å². The number of halogens is 5. The van der Waals surface area contributed by atoms with Crippen molar-refractivity contribution in [3.63, 3.8) is 0 Å². The van der Waals surface area contributed by atoms with Crippen LogP contribution in [0.1, 0.15) is 10.4 Å². The van der Waals surface area contributed by atoms with Crippen molar-refractivity contribution in [3.05, 3.63) is 59.7 Å². The van der Waals surface area contributed by atoms with Crippen LogP contribution in [-0.4, -0.2) is 16.5 Å². The van der Waals surface area contributed by atoms with Crippen LogP contribution in [0.5, 0.6) is 0 Å². The van der Waals surface area contributed by atoms with Crippen LogP contribution in [0.25, 0.3) is 0 Å². The Kier molecular flexibility index (Phi) is 5.96. The summed E-state index contributed by atoms with van der Waals surface area (Å²) in [6.45, 7) is 0. The Morgan fingerprint density at radius 1 is 1.00 bits per heavy atom. The van der Waals surface area contributed by atoms with Gasteiger partial charge in [-0.25, -0.2) is 8.78 Å². The molecule has 0 radical (unpaired) electrons. The van der Waals surface area contributed by atoms with Gasteiger partial charge in [-0.05, 0) is 60.4 Å². The highest BCUT2D eigenvalue weighted by atomic mass is 32.2. The van der Waals surface area contributed by atoms with E-state index in [-0.39, 0.29) is 21.8 Å². The zero-order valence-electron chi connectivity index (χ0n) is 12.2. The van der Waals surface area contributed by atoms with Crippen molar-refractivity contribution in [2.24, 2.45) is 0 Å². The van der Waals surface area contributed by atoms with E-state index in [4.69, 9.17) is 12.2 Å². The van der Waals surface area contributed by atoms with Crippen LogP contribution in [0.2, 0.25) is 0 Å². The lowest BCUT2D eigenvalue weighted by Crippen LogP contribution is -2.35. The van der Waals surface area contributed by atoms with E-state index >= 15 is 0 Å². The fraction of sp³-hybridized carbons (Fsp3) is 0.0667. The van der Waals surface area contributed by atoms with Crippen LogP contribution in [0.4, 0.5) is 27.6 Å². The van der Waals surface area contributed by atoms with Gasteiger partial charge in [0.2, 0.25) is 0 Å². The Bertz CT molecular complexity index is 773. The predicted octanol–water partition coefficient (Wildman–Crippen LogP) is 4.70. The molecule has 10 heteroatoms. The molecular weight excluding hydrogens is 383 g/mol. The van der Waals surface area contributed by atoms with E-state index in [9.17, 15) is 26.7 Å². The number of carbonyl (C=O) groups excluding carboxylic acids is 1. The van der Waals surface area contributed by atoms with Gasteiger partial charge in [0.15, 0.2) is 5.11 Å². The molecule has 2 N–H and O–H groups in total. The summed E-state index contributed by atoms with van der Waals surface area (Å²) in [6, 6.07) is 8.00. The maximum atomic E-state index is 13.5. The number of anilines is 1. The molecule has 0 saturated heterocycles. The smallest absolute Gasteiger partial charge is 0.332 e. The molecule has 0 aliphatic carbocycles. The highest BCUT2D eigenvalue weighted by molar-refractivity contribution is 8.00. The minimum atomic E-state index is -4.40. The molecule has 0 heterocycles. The summed E-state index contributed by atoms with van der Waals surface area (Å²) >= 11 is 4.57. The van der Waals surface area contributed by atoms with E-state index < -0.39 is 28.6 Å². The van der Waals surface area contributed by atoms with Gasteiger partial charge in [0.05, 0.1) is 0 Å². The van der Waals surface area contributed by atoms with Crippen molar-refractivity contribution in [3.8, 4) is 0 Å². The summed E-state index contributed by atoms with van der Waals surface area (Å²) in [5.74, 6) is -3.18. The Morgan fingerprint density at radius 3 is 2.08 bits per heavy atom. The Hall–Kier alpha value is -2.20. The van der Waals surface area contributed by atoms with Crippen molar-refractivity contribution in [2.75, 3.05) is 5.32 Å². The van der Waals surface area contributed by atoms with Gasteiger partial charge >= 0.3 is 5.51 Å². The molecule has 0 atom stereocenters. The fourth-order valence-corrected chi connectivity index (χ4v) is 2.53. The molecule has 0 unspecified atom stereocenters. The first kappa shape index (κ1) is 19.1. The third-order valence-electron chi connectivity index (χ3n) is 2.76. The van der Waals surface area contributed by atoms with Gasteiger partial charge in [0.1, 0.15) is 17.2 Å². The molecule has 0 aliphatic heterocycles. The topological polar surface area (TPSA) is 41.1 Å². The largest absolute Gasteiger partial charge is 0.446 e. The van der Waals surface area contributed by atoms with E-state index in [2.05, 4.69) is 10.6 Å². The van der Waals surface area contributed by atoms with Crippen molar-refractivity contribution < 1.29 is 26.7 Å². The average molecular weight is 392 g/mol. The molecule has 0 bridgehead atoms. The third kappa shape index (κ3) is 5.68. The zero-order chi connectivity index (χ0) is 18.6. The number of benzene rings is 2. The third-order valence-corrected chi connectivity index (χ3v) is 3.71. The first-order valence-electron chi connectivity index (χ1n) is 6.58. The number of alkyl halides is 3. The molecule has 25 heavy (non-hydrogen) atoms. The van der Waals surface area contributed by atoms with E-state index in [0.29, 0.717) is 5.69 Å². The van der Waals surface area contributed by atoms with Crippen LogP contribution >= 0.6 is 24.0 Å². The summed E-state index contributed by atoms with van der Waals surface area (Å²) < 4.78 is 63.7. The summed E-state index contributed by atoms with van der Waals surface area (Å²) in [5, 5.41) is 4.37. The summed E-state index contributed by atoms with van der Waals surface area (Å²) in [6.07, 6.45) is 0. The zero-order valence-corrected chi connectivity index (χ0v) is 13.8. The highest BCUT2D eigenvalue weighted by Crippen LogP contribution is 2.37. The molecule has 3 nitrogen and oxygen atoms in total. The highest BCUT2D eigenvalue weighted by Gasteiger charge is 2.29. The number of thioether (sulfide) groups is 1. The average Bonchev–Trinajstić information content (AvgIpc) is 2.47. The number of rotatable bonds is 3. The number of nitrogens with one attached hydrogen (secondary N) is 2. The quantitative estimate of drug-likeness (QED) is 0.451. The second-order valence-corrected chi connectivity index (χ2v) is 6.12. The van der Waals surface area contributed by atoms with Crippen LogP contribution in [0.15, 0.2) is 47.4 Å². The molecule has 0 spiro atoms. The molecule has 0 aromatic heterocycles. The van der Waals surface area contributed by atoms with E-state index in [0.717, 1.165) is 18.2 Å². The number of thiocarbonyl (C=S) groups is 1. The SMILES string of the molecule is O=C(NC(=S)Nc1ccc(SC(F)(F)F)cc1)c1c(F)cccc1F. The second-order valence-electron chi connectivity index (χ2n) is 4.58. The second kappa shape index (κ2) is 7.79. The summed E-state index contributed by atoms with van der Waals surface area (Å²) in [5.41, 5.74) is -4.89. The van der Waals surface area contributed by atoms with E-state index in [1.54, 1.807) is 0 Å². The fourth-order valence-electron chi connectivity index (χ4n) is 1.78. The van der Waals surface area contributed by atoms with Crippen molar-refractivity contribution in [1.82, 2.24) is 5.32 Å². The lowest BCUT2D eigenvalue weighted by atomic mass is 10.2. The molecule has 0 aliphatic rings. The van der Waals surface area contributed by atoms with Gasteiger partial charge in [-0.1, -0.05) is 6.07 Å². The first-order valence-corrected chi connectivity index (χ1v) is 7.80. The standard InChI is InChI=1S/C15H9F5N2OS2/c16-10-2-1-3-11(17)12(10)13(23)22-14(24)21-8-4-6-9(7-5-8)25-15(18,19)20/h1-7H,(H2,21,22,23,24). The van der Waals surface area contributed by atoms with Crippen molar-refractivity contribution in [1.29, 1.82) is 0 Å². The molecule has 2 aromatic rings. The molecule has 2 aromatic carbocycles. The number of amides is 1. The first-order chi connectivity index (χ1) is 11.7. The number of hydrogen-bond donors (Lipinski definition) is 2. The molecule has 0 fully saturated rings. The number of hydrogen-bond acceptors (Lipinski definition) is 3. The molecule has 2 rings (SSSR count). The molecule has 132 valence electrons. The summed E-state index contributed by atoms with van der Waals surface area (Å²) in [4.78, 5) is 11.8. The maximum Gasteiger partial charge on any atom is 0.446 e. The molecular formula is C15H9F5N2OS2. The van der Waals surface area contributed by atoms with Crippen LogP contribution in [0.3, 0.4) is 0 Å². The maximum absolute atomic E-state index is 13.5. The Morgan fingerprint density at radius 2 is 1.56 bits per heavy atom. The lowest BCUT2D eigenvalue weighted by molar-refractivity contribution is -0.0328. The van der Waals surface area contributed by atoms with Gasteiger partial charge in [-0.3, -0.25) is 10.1 Å². The van der Waals surface area contributed by atoms with Crippen LogP contribution in [0, 0.1) is 11.6 Å². The Balaban J connectivity index is 1.99. The normalized spacial score (nSPS) is 11.1. The van der Waals surface area contributed by atoms with Crippen LogP contribution < -0.4 is 10.6 Å². The minimum absolute atomic E-state index is 0.0265. The van der Waals surface area contributed by atoms with Crippen molar-refractivity contribution >= 4 is 40.7 Å². The number of carbonyl (C=O) groups is 1. The van der Waals surface area contributed by atoms with Gasteiger partial charge < -0.3 is 5.32 Å². The summed E-state index contributed by atoms with van der Waals surface area (Å²) in [7, 11) is 0. The van der Waals surface area contributed by atoms with Gasteiger partial charge in [-0.15, -0.1) is 0 Å². The monoisotopic (exact) mass is 392 g/mol. The van der Waals surface area contributed by atoms with Gasteiger partial charge in [0, 0.05) is 10.6 Å². The Labute approximate surface area is 148 Å². The van der Waals surface area contributed by atoms with Crippen LogP contribution in [-0.2, 0) is 0 Å². The molecule has 1 amide bonds. The predicted molar refractivity (Wildman–Crippen MR) is 88.4 cm³/mol. The van der Waals surface area contributed by atoms with Gasteiger partial charge in [0.25, 0.3) is 5.91 Å². The lowest BCUT2D eigenvalue weighted by Gasteiger charge is -2.11. The van der Waals surface area contributed by atoms with Crippen molar-refractivity contribution in [2.45, 2.75) is 10.4 Å². The minimum Gasteiger partial charge on any atom is -0.332 e.